The first-order valence-electron chi connectivity index (χ1n) is 9.51. The number of anilines is 3. The van der Waals surface area contributed by atoms with E-state index in [0.717, 1.165) is 22.5 Å². The van der Waals surface area contributed by atoms with Crippen LogP contribution in [0.15, 0.2) is 42.6 Å². The zero-order valence-electron chi connectivity index (χ0n) is 17.2. The highest BCUT2D eigenvalue weighted by atomic mass is 19.1. The Kier molecular flexibility index (Phi) is 6.02. The number of fused-ring (bicyclic) bond motifs is 1. The minimum absolute atomic E-state index is 0.0199. The highest BCUT2D eigenvalue weighted by Gasteiger charge is 2.20. The number of amides is 1. The van der Waals surface area contributed by atoms with Gasteiger partial charge in [0.2, 0.25) is 0 Å². The van der Waals surface area contributed by atoms with E-state index in [-0.39, 0.29) is 29.3 Å². The number of halogens is 1. The molecule has 30 heavy (non-hydrogen) atoms. The lowest BCUT2D eigenvalue weighted by Crippen LogP contribution is -2.38. The number of hydrogen-bond acceptors (Lipinski definition) is 6. The van der Waals surface area contributed by atoms with Gasteiger partial charge in [-0.3, -0.25) is 9.48 Å². The molecule has 0 saturated carbocycles. The van der Waals surface area contributed by atoms with Crippen molar-refractivity contribution < 1.29 is 9.18 Å². The van der Waals surface area contributed by atoms with E-state index >= 15 is 0 Å². The van der Waals surface area contributed by atoms with Gasteiger partial charge in [0.25, 0.3) is 5.91 Å². The molecular weight excluding hydrogens is 385 g/mol. The van der Waals surface area contributed by atoms with E-state index in [1.807, 2.05) is 39.1 Å². The summed E-state index contributed by atoms with van der Waals surface area (Å²) >= 11 is 0. The Labute approximate surface area is 174 Å². The lowest BCUT2D eigenvalue weighted by Gasteiger charge is -2.24. The number of nitrogens with one attached hydrogen (secondary N) is 2. The Balaban J connectivity index is 1.97. The van der Waals surface area contributed by atoms with E-state index in [4.69, 9.17) is 11.5 Å². The van der Waals surface area contributed by atoms with Crippen LogP contribution in [-0.2, 0) is 7.05 Å². The van der Waals surface area contributed by atoms with Crippen molar-refractivity contribution in [2.45, 2.75) is 32.4 Å². The van der Waals surface area contributed by atoms with E-state index < -0.39 is 11.7 Å². The molecule has 3 rings (SSSR count). The number of pyridine rings is 1. The molecule has 0 saturated heterocycles. The molecule has 0 aliphatic rings. The average Bonchev–Trinajstić information content (AvgIpc) is 3.03. The highest BCUT2D eigenvalue weighted by Crippen LogP contribution is 2.27. The number of benzene rings is 1. The van der Waals surface area contributed by atoms with E-state index in [2.05, 4.69) is 27.3 Å². The molecule has 2 aromatic heterocycles. The molecule has 0 radical (unpaired) electrons. The molecule has 2 heterocycles. The molecular formula is C21H26FN7O. The number of aromatic nitrogens is 3. The van der Waals surface area contributed by atoms with E-state index in [1.54, 1.807) is 10.9 Å². The lowest BCUT2D eigenvalue weighted by molar-refractivity contribution is 0.100. The standard InChI is InChI=1S/C21H26FN7O/c1-11(2)7-17(12(3)23)27-21-16(22)9-15(19(24)30)20(28-21)26-14-5-6-18-13(8-14)10-25-29(18)4/h5-6,8-10,12,17H,1,7,23H2,2-4H3,(H2,24,30)(H2,26,27,28)/t12-,17+/m0/s1. The molecule has 8 nitrogen and oxygen atoms in total. The summed E-state index contributed by atoms with van der Waals surface area (Å²) in [5.41, 5.74) is 13.9. The van der Waals surface area contributed by atoms with Crippen LogP contribution in [0.5, 0.6) is 0 Å². The maximum absolute atomic E-state index is 14.7. The second-order valence-corrected chi connectivity index (χ2v) is 7.52. The number of nitrogens with two attached hydrogens (primary N) is 2. The Bertz CT molecular complexity index is 1110. The van der Waals surface area contributed by atoms with Crippen molar-refractivity contribution >= 4 is 34.1 Å². The first-order valence-corrected chi connectivity index (χ1v) is 9.51. The van der Waals surface area contributed by atoms with Gasteiger partial charge in [-0.05, 0) is 44.5 Å². The molecule has 2 atom stereocenters. The second kappa shape index (κ2) is 8.50. The van der Waals surface area contributed by atoms with Crippen LogP contribution in [0.3, 0.4) is 0 Å². The first-order chi connectivity index (χ1) is 14.2. The van der Waals surface area contributed by atoms with Gasteiger partial charge in [0, 0.05) is 30.2 Å². The summed E-state index contributed by atoms with van der Waals surface area (Å²) in [4.78, 5) is 16.2. The topological polar surface area (TPSA) is 124 Å². The fourth-order valence-corrected chi connectivity index (χ4v) is 3.17. The largest absolute Gasteiger partial charge is 0.365 e. The predicted octanol–water partition coefficient (Wildman–Crippen LogP) is 3.04. The number of hydrogen-bond donors (Lipinski definition) is 4. The van der Waals surface area contributed by atoms with Crippen molar-refractivity contribution in [1.82, 2.24) is 14.8 Å². The van der Waals surface area contributed by atoms with Crippen LogP contribution in [0, 0.1) is 5.82 Å². The molecule has 0 aliphatic heterocycles. The van der Waals surface area contributed by atoms with E-state index in [1.165, 1.54) is 0 Å². The van der Waals surface area contributed by atoms with Gasteiger partial charge in [-0.25, -0.2) is 9.37 Å². The second-order valence-electron chi connectivity index (χ2n) is 7.52. The third kappa shape index (κ3) is 4.57. The van der Waals surface area contributed by atoms with Gasteiger partial charge in [-0.1, -0.05) is 5.57 Å². The van der Waals surface area contributed by atoms with Crippen LogP contribution >= 0.6 is 0 Å². The molecule has 0 spiro atoms. The number of aryl methyl sites for hydroxylation is 1. The van der Waals surface area contributed by atoms with Crippen molar-refractivity contribution in [2.24, 2.45) is 18.5 Å². The Morgan fingerprint density at radius 2 is 2.07 bits per heavy atom. The molecule has 158 valence electrons. The van der Waals surface area contributed by atoms with Crippen molar-refractivity contribution in [3.8, 4) is 0 Å². The minimum atomic E-state index is -0.788. The number of nitrogens with zero attached hydrogens (tertiary/aromatic N) is 3. The fraction of sp³-hybridized carbons (Fsp3) is 0.286. The zero-order valence-corrected chi connectivity index (χ0v) is 17.2. The molecule has 6 N–H and O–H groups in total. The average molecular weight is 411 g/mol. The van der Waals surface area contributed by atoms with Crippen molar-refractivity contribution in [3.63, 3.8) is 0 Å². The van der Waals surface area contributed by atoms with Crippen LogP contribution < -0.4 is 22.1 Å². The van der Waals surface area contributed by atoms with E-state index in [9.17, 15) is 9.18 Å². The van der Waals surface area contributed by atoms with Crippen LogP contribution in [0.25, 0.3) is 10.9 Å². The van der Waals surface area contributed by atoms with Gasteiger partial charge in [-0.2, -0.15) is 5.10 Å². The SMILES string of the molecule is C=C(C)C[C@@H](Nc1nc(Nc2ccc3c(cnn3C)c2)c(C(N)=O)cc1F)[C@H](C)N. The van der Waals surface area contributed by atoms with Crippen molar-refractivity contribution in [2.75, 3.05) is 10.6 Å². The Morgan fingerprint density at radius 3 is 2.70 bits per heavy atom. The van der Waals surface area contributed by atoms with E-state index in [0.29, 0.717) is 12.1 Å². The summed E-state index contributed by atoms with van der Waals surface area (Å²) in [6.07, 6.45) is 2.28. The third-order valence-corrected chi connectivity index (χ3v) is 4.78. The smallest absolute Gasteiger partial charge is 0.252 e. The highest BCUT2D eigenvalue weighted by molar-refractivity contribution is 5.99. The number of rotatable bonds is 8. The summed E-state index contributed by atoms with van der Waals surface area (Å²) in [5.74, 6) is -1.35. The normalized spacial score (nSPS) is 13.1. The predicted molar refractivity (Wildman–Crippen MR) is 117 cm³/mol. The van der Waals surface area contributed by atoms with Gasteiger partial charge in [0.15, 0.2) is 11.6 Å². The third-order valence-electron chi connectivity index (χ3n) is 4.78. The maximum Gasteiger partial charge on any atom is 0.252 e. The molecule has 0 unspecified atom stereocenters. The van der Waals surface area contributed by atoms with Crippen molar-refractivity contribution in [3.05, 3.63) is 54.0 Å². The molecule has 1 amide bonds. The first kappa shape index (κ1) is 21.3. The van der Waals surface area contributed by atoms with Crippen LogP contribution in [-0.4, -0.2) is 32.8 Å². The molecule has 0 aliphatic carbocycles. The quantitative estimate of drug-likeness (QED) is 0.422. The summed E-state index contributed by atoms with van der Waals surface area (Å²) in [6.45, 7) is 7.58. The van der Waals surface area contributed by atoms with Gasteiger partial charge in [0.1, 0.15) is 5.82 Å². The Morgan fingerprint density at radius 1 is 1.33 bits per heavy atom. The van der Waals surface area contributed by atoms with Gasteiger partial charge >= 0.3 is 0 Å². The fourth-order valence-electron chi connectivity index (χ4n) is 3.17. The van der Waals surface area contributed by atoms with Crippen molar-refractivity contribution in [1.29, 1.82) is 0 Å². The minimum Gasteiger partial charge on any atom is -0.365 e. The summed E-state index contributed by atoms with van der Waals surface area (Å²) < 4.78 is 16.4. The molecule has 0 fully saturated rings. The van der Waals surface area contributed by atoms with Gasteiger partial charge in [0.05, 0.1) is 17.3 Å². The summed E-state index contributed by atoms with van der Waals surface area (Å²) in [7, 11) is 1.85. The maximum atomic E-state index is 14.7. The zero-order chi connectivity index (χ0) is 22.0. The monoisotopic (exact) mass is 411 g/mol. The Hall–Kier alpha value is -3.46. The van der Waals surface area contributed by atoms with Crippen LogP contribution in [0.4, 0.5) is 21.7 Å². The molecule has 1 aromatic carbocycles. The lowest BCUT2D eigenvalue weighted by atomic mass is 10.0. The summed E-state index contributed by atoms with van der Waals surface area (Å²) in [6, 6.07) is 6.08. The number of carbonyl (C=O) groups is 1. The number of carbonyl (C=O) groups excluding carboxylic acids is 1. The molecule has 0 bridgehead atoms. The van der Waals surface area contributed by atoms with Gasteiger partial charge < -0.3 is 22.1 Å². The van der Waals surface area contributed by atoms with Crippen LogP contribution in [0.1, 0.15) is 30.6 Å². The molecule has 9 heteroatoms. The number of primary amides is 1. The summed E-state index contributed by atoms with van der Waals surface area (Å²) in [5, 5.41) is 11.2. The van der Waals surface area contributed by atoms with Crippen LogP contribution in [0.2, 0.25) is 0 Å². The molecule has 3 aromatic rings. The van der Waals surface area contributed by atoms with Gasteiger partial charge in [-0.15, -0.1) is 6.58 Å².